The number of pyridine rings is 1. The first-order valence-corrected chi connectivity index (χ1v) is 9.32. The molecular formula is C16H21FN4O2S. The number of hydrogen-bond acceptors (Lipinski definition) is 5. The van der Waals surface area contributed by atoms with Gasteiger partial charge >= 0.3 is 0 Å². The van der Waals surface area contributed by atoms with E-state index in [0.717, 1.165) is 28.7 Å². The van der Waals surface area contributed by atoms with E-state index in [2.05, 4.69) is 10.1 Å². The highest BCUT2D eigenvalue weighted by atomic mass is 32.2. The molecule has 0 N–H and O–H groups in total. The molecule has 130 valence electrons. The van der Waals surface area contributed by atoms with Crippen molar-refractivity contribution in [2.45, 2.75) is 44.4 Å². The van der Waals surface area contributed by atoms with Crippen LogP contribution in [0.15, 0.2) is 30.7 Å². The predicted octanol–water partition coefficient (Wildman–Crippen LogP) is 2.74. The van der Waals surface area contributed by atoms with Crippen LogP contribution in [0.1, 0.15) is 45.2 Å². The van der Waals surface area contributed by atoms with Crippen LogP contribution in [0.4, 0.5) is 10.2 Å². The summed E-state index contributed by atoms with van der Waals surface area (Å²) in [4.78, 5) is 5.88. The molecule has 1 aliphatic rings. The van der Waals surface area contributed by atoms with Crippen LogP contribution >= 0.6 is 0 Å². The molecule has 0 radical (unpaired) electrons. The quantitative estimate of drug-likeness (QED) is 0.850. The molecular weight excluding hydrogens is 331 g/mol. The van der Waals surface area contributed by atoms with Crippen LogP contribution in [0.2, 0.25) is 0 Å². The second-order valence-corrected chi connectivity index (χ2v) is 9.46. The highest BCUT2D eigenvalue weighted by Crippen LogP contribution is 2.37. The van der Waals surface area contributed by atoms with Crippen LogP contribution in [0.25, 0.3) is 0 Å². The van der Waals surface area contributed by atoms with Crippen LogP contribution in [0, 0.1) is 5.82 Å². The summed E-state index contributed by atoms with van der Waals surface area (Å²) in [7, 11) is -3.64. The third kappa shape index (κ3) is 2.79. The Bertz CT molecular complexity index is 842. The van der Waals surface area contributed by atoms with Gasteiger partial charge in [-0.2, -0.15) is 5.10 Å². The summed E-state index contributed by atoms with van der Waals surface area (Å²) in [5.41, 5.74) is 0.744. The van der Waals surface area contributed by atoms with Gasteiger partial charge < -0.3 is 4.90 Å². The summed E-state index contributed by atoms with van der Waals surface area (Å²) < 4.78 is 39.2. The molecule has 0 saturated carbocycles. The fourth-order valence-electron chi connectivity index (χ4n) is 2.93. The fraction of sp³-hybridized carbons (Fsp3) is 0.500. The molecule has 0 unspecified atom stereocenters. The minimum Gasteiger partial charge on any atom is -0.349 e. The number of hydrogen-bond donors (Lipinski definition) is 0. The first kappa shape index (κ1) is 16.9. The molecule has 0 spiro atoms. The molecule has 24 heavy (non-hydrogen) atoms. The lowest BCUT2D eigenvalue weighted by molar-refractivity contribution is 0.541. The lowest BCUT2D eigenvalue weighted by Gasteiger charge is -2.29. The lowest BCUT2D eigenvalue weighted by Crippen LogP contribution is -2.37. The maximum atomic E-state index is 13.5. The lowest BCUT2D eigenvalue weighted by atomic mass is 10.1. The van der Waals surface area contributed by atoms with E-state index in [4.69, 9.17) is 0 Å². The molecule has 2 aromatic heterocycles. The van der Waals surface area contributed by atoms with E-state index in [1.165, 1.54) is 12.3 Å². The van der Waals surface area contributed by atoms with Crippen molar-refractivity contribution in [3.63, 3.8) is 0 Å². The third-order valence-corrected chi connectivity index (χ3v) is 6.53. The second kappa shape index (κ2) is 5.84. The molecule has 1 saturated heterocycles. The van der Waals surface area contributed by atoms with E-state index in [9.17, 15) is 12.8 Å². The summed E-state index contributed by atoms with van der Waals surface area (Å²) in [5.74, 6) is 0.117. The molecule has 8 heteroatoms. The monoisotopic (exact) mass is 352 g/mol. The van der Waals surface area contributed by atoms with Gasteiger partial charge in [0.05, 0.1) is 23.2 Å². The van der Waals surface area contributed by atoms with Crippen molar-refractivity contribution in [3.05, 3.63) is 42.1 Å². The predicted molar refractivity (Wildman–Crippen MR) is 89.8 cm³/mol. The number of aromatic nitrogens is 3. The van der Waals surface area contributed by atoms with E-state index in [0.29, 0.717) is 12.4 Å². The van der Waals surface area contributed by atoms with Crippen molar-refractivity contribution in [1.29, 1.82) is 0 Å². The average molecular weight is 352 g/mol. The van der Waals surface area contributed by atoms with E-state index in [1.807, 2.05) is 4.90 Å². The number of rotatable bonds is 3. The number of anilines is 1. The first-order chi connectivity index (χ1) is 11.2. The molecule has 6 nitrogen and oxygen atoms in total. The zero-order valence-corrected chi connectivity index (χ0v) is 14.8. The number of nitrogens with zero attached hydrogens (tertiary/aromatic N) is 4. The molecule has 0 aromatic carbocycles. The van der Waals surface area contributed by atoms with Gasteiger partial charge in [-0.05, 0) is 45.2 Å². The van der Waals surface area contributed by atoms with E-state index in [1.54, 1.807) is 33.0 Å². The van der Waals surface area contributed by atoms with Gasteiger partial charge in [0.15, 0.2) is 0 Å². The summed E-state index contributed by atoms with van der Waals surface area (Å²) in [5, 5.41) is 4.04. The molecule has 2 aromatic rings. The van der Waals surface area contributed by atoms with Gasteiger partial charge in [-0.15, -0.1) is 4.09 Å². The summed E-state index contributed by atoms with van der Waals surface area (Å²) in [6, 6.07) is 3.03. The minimum atomic E-state index is -3.64. The molecule has 3 rings (SSSR count). The van der Waals surface area contributed by atoms with Crippen molar-refractivity contribution in [2.75, 3.05) is 11.4 Å². The van der Waals surface area contributed by atoms with E-state index >= 15 is 0 Å². The van der Waals surface area contributed by atoms with Crippen LogP contribution in [-0.2, 0) is 10.0 Å². The number of halogens is 1. The summed E-state index contributed by atoms with van der Waals surface area (Å²) >= 11 is 0. The Morgan fingerprint density at radius 2 is 2.04 bits per heavy atom. The van der Waals surface area contributed by atoms with Gasteiger partial charge in [0.1, 0.15) is 11.6 Å². The van der Waals surface area contributed by atoms with Gasteiger partial charge in [-0.1, -0.05) is 0 Å². The maximum absolute atomic E-state index is 13.5. The highest BCUT2D eigenvalue weighted by Gasteiger charge is 2.36. The second-order valence-electron chi connectivity index (χ2n) is 6.94. The van der Waals surface area contributed by atoms with E-state index in [-0.39, 0.29) is 6.04 Å². The van der Waals surface area contributed by atoms with Gasteiger partial charge in [0.25, 0.3) is 10.0 Å². The van der Waals surface area contributed by atoms with Crippen LogP contribution in [-0.4, -0.2) is 33.9 Å². The van der Waals surface area contributed by atoms with Crippen LogP contribution in [0.3, 0.4) is 0 Å². The summed E-state index contributed by atoms with van der Waals surface area (Å²) in [6.07, 6.45) is 5.98. The van der Waals surface area contributed by atoms with Crippen molar-refractivity contribution in [2.24, 2.45) is 0 Å². The van der Waals surface area contributed by atoms with Crippen LogP contribution < -0.4 is 4.90 Å². The molecule has 1 aliphatic heterocycles. The Morgan fingerprint density at radius 1 is 1.29 bits per heavy atom. The average Bonchev–Trinajstić information content (AvgIpc) is 3.15. The SMILES string of the molecule is CC(C)(C)S(=O)(=O)n1nccc1N1CCC[C@@H]1c1cncc(F)c1. The van der Waals surface area contributed by atoms with Gasteiger partial charge in [0.2, 0.25) is 0 Å². The Morgan fingerprint density at radius 3 is 2.71 bits per heavy atom. The van der Waals surface area contributed by atoms with Gasteiger partial charge in [-0.3, -0.25) is 4.98 Å². The normalized spacial score (nSPS) is 19.0. The topological polar surface area (TPSA) is 68.1 Å². The van der Waals surface area contributed by atoms with Gasteiger partial charge in [-0.25, -0.2) is 12.8 Å². The molecule has 1 atom stereocenters. The highest BCUT2D eigenvalue weighted by molar-refractivity contribution is 7.91. The fourth-order valence-corrected chi connectivity index (χ4v) is 4.04. The Labute approximate surface area is 141 Å². The van der Waals surface area contributed by atoms with Crippen molar-refractivity contribution in [1.82, 2.24) is 14.2 Å². The van der Waals surface area contributed by atoms with Crippen LogP contribution in [0.5, 0.6) is 0 Å². The Balaban J connectivity index is 2.03. The van der Waals surface area contributed by atoms with Crippen molar-refractivity contribution < 1.29 is 12.8 Å². The third-order valence-electron chi connectivity index (χ3n) is 4.25. The minimum absolute atomic E-state index is 0.112. The van der Waals surface area contributed by atoms with Crippen molar-refractivity contribution in [3.8, 4) is 0 Å². The first-order valence-electron chi connectivity index (χ1n) is 7.88. The largest absolute Gasteiger partial charge is 0.349 e. The zero-order valence-electron chi connectivity index (χ0n) is 14.0. The standard InChI is InChI=1S/C16H21FN4O2S/c1-16(2,3)24(22,23)21-15(6-7-19-21)20-8-4-5-14(20)12-9-13(17)11-18-10-12/h6-7,9-11,14H,4-5,8H2,1-3H3/t14-/m1/s1. The molecule has 3 heterocycles. The maximum Gasteiger partial charge on any atom is 0.260 e. The molecule has 0 aliphatic carbocycles. The Kier molecular flexibility index (Phi) is 4.11. The molecule has 0 bridgehead atoms. The molecule has 1 fully saturated rings. The van der Waals surface area contributed by atoms with Crippen molar-refractivity contribution >= 4 is 15.8 Å². The zero-order chi connectivity index (χ0) is 17.5. The van der Waals surface area contributed by atoms with E-state index < -0.39 is 20.6 Å². The molecule has 0 amide bonds. The Hall–Kier alpha value is -1.96. The summed E-state index contributed by atoms with van der Waals surface area (Å²) in [6.45, 7) is 5.62. The smallest absolute Gasteiger partial charge is 0.260 e. The van der Waals surface area contributed by atoms with Gasteiger partial charge in [0, 0.05) is 18.8 Å².